The van der Waals surface area contributed by atoms with Crippen molar-refractivity contribution < 1.29 is 31.6 Å². The molecule has 0 radical (unpaired) electrons. The zero-order valence-electron chi connectivity index (χ0n) is 15.9. The molecule has 2 aromatic carbocycles. The van der Waals surface area contributed by atoms with Gasteiger partial charge in [0.2, 0.25) is 5.78 Å². The van der Waals surface area contributed by atoms with Crippen molar-refractivity contribution in [3.8, 4) is 0 Å². The number of sulfonamides is 1. The van der Waals surface area contributed by atoms with Crippen LogP contribution in [0.25, 0.3) is 0 Å². The summed E-state index contributed by atoms with van der Waals surface area (Å²) in [6.45, 7) is 0.723. The number of hydrogen-bond acceptors (Lipinski definition) is 6. The van der Waals surface area contributed by atoms with Crippen molar-refractivity contribution in [2.75, 3.05) is 19.0 Å². The number of hydrogen-bond donors (Lipinski definition) is 2. The lowest BCUT2D eigenvalue weighted by atomic mass is 10.1. The number of nitrogens with zero attached hydrogens (tertiary/aromatic N) is 1. The van der Waals surface area contributed by atoms with E-state index in [1.165, 1.54) is 32.2 Å². The topological polar surface area (TPSA) is 105 Å². The number of Topliss-reactive ketones (excluding diaryl/α,β-unsaturated/α-hetero) is 1. The third kappa shape index (κ3) is 3.89. The number of benzene rings is 2. The van der Waals surface area contributed by atoms with Crippen LogP contribution in [0.5, 0.6) is 0 Å². The summed E-state index contributed by atoms with van der Waals surface area (Å²) in [5.74, 6) is -3.32. The molecule has 3 rings (SSSR count). The molecule has 1 aliphatic rings. The molecule has 11 heteroatoms. The minimum Gasteiger partial charge on any atom is -0.319 e. The zero-order chi connectivity index (χ0) is 22.1. The van der Waals surface area contributed by atoms with Gasteiger partial charge in [-0.1, -0.05) is 18.2 Å². The maximum Gasteiger partial charge on any atom is 0.264 e. The quantitative estimate of drug-likeness (QED) is 0.549. The van der Waals surface area contributed by atoms with E-state index < -0.39 is 45.6 Å². The van der Waals surface area contributed by atoms with Gasteiger partial charge in [-0.15, -0.1) is 0 Å². The van der Waals surface area contributed by atoms with E-state index in [0.29, 0.717) is 0 Å². The first-order valence-electron chi connectivity index (χ1n) is 8.59. The second kappa shape index (κ2) is 8.20. The third-order valence-electron chi connectivity index (χ3n) is 4.31. The predicted octanol–water partition coefficient (Wildman–Crippen LogP) is 2.17. The molecule has 1 heterocycles. The largest absolute Gasteiger partial charge is 0.319 e. The van der Waals surface area contributed by atoms with E-state index in [2.05, 4.69) is 5.48 Å². The number of ketones is 1. The summed E-state index contributed by atoms with van der Waals surface area (Å²) in [4.78, 5) is 29.5. The monoisotopic (exact) mass is 437 g/mol. The van der Waals surface area contributed by atoms with Gasteiger partial charge in [0.1, 0.15) is 23.0 Å². The number of halogens is 2. The second-order valence-electron chi connectivity index (χ2n) is 6.31. The van der Waals surface area contributed by atoms with Gasteiger partial charge in [0, 0.05) is 12.6 Å². The van der Waals surface area contributed by atoms with Crippen molar-refractivity contribution in [2.24, 2.45) is 0 Å². The number of rotatable bonds is 5. The highest BCUT2D eigenvalue weighted by Crippen LogP contribution is 2.31. The molecular weight excluding hydrogens is 420 g/mol. The first-order valence-corrected chi connectivity index (χ1v) is 10.0. The molecule has 2 aromatic rings. The van der Waals surface area contributed by atoms with Crippen molar-refractivity contribution in [1.29, 1.82) is 0 Å². The van der Waals surface area contributed by atoms with Gasteiger partial charge >= 0.3 is 0 Å². The van der Waals surface area contributed by atoms with Crippen LogP contribution in [-0.4, -0.2) is 38.1 Å². The molecule has 1 aliphatic heterocycles. The van der Waals surface area contributed by atoms with Gasteiger partial charge in [0.05, 0.1) is 10.6 Å². The molecule has 2 N–H and O–H groups in total. The number of allylic oxidation sites excluding steroid dienone is 2. The van der Waals surface area contributed by atoms with E-state index in [1.54, 1.807) is 6.07 Å². The van der Waals surface area contributed by atoms with Gasteiger partial charge in [0.25, 0.3) is 15.9 Å². The van der Waals surface area contributed by atoms with Gasteiger partial charge < -0.3 is 5.32 Å². The van der Waals surface area contributed by atoms with E-state index >= 15 is 0 Å². The fraction of sp³-hybridized carbons (Fsp3) is 0.158. The lowest BCUT2D eigenvalue weighted by Gasteiger charge is -2.29. The number of nitrogens with one attached hydrogen (secondary N) is 2. The predicted molar refractivity (Wildman–Crippen MR) is 102 cm³/mol. The number of para-hydroxylation sites is 1. The Labute approximate surface area is 171 Å². The molecule has 0 unspecified atom stereocenters. The maximum atomic E-state index is 13.6. The van der Waals surface area contributed by atoms with Gasteiger partial charge in [0.15, 0.2) is 6.61 Å². The molecule has 158 valence electrons. The standard InChI is InChI=1S/C19H17F2N3O5S/c1-11(23-29-10-16(25)22-17-13(20)7-5-8-14(17)21)18-19(26)12-6-3-4-9-15(12)30(27,28)24(18)2/h3-9,23H,10H2,1-2H3,(H,22,25)/b18-11+. The van der Waals surface area contributed by atoms with Crippen LogP contribution >= 0.6 is 0 Å². The van der Waals surface area contributed by atoms with Gasteiger partial charge in [-0.25, -0.2) is 17.2 Å². The molecular formula is C19H17F2N3O5S. The zero-order valence-corrected chi connectivity index (χ0v) is 16.7. The number of carbonyl (C=O) groups is 2. The number of fused-ring (bicyclic) bond motifs is 1. The van der Waals surface area contributed by atoms with Gasteiger partial charge in [-0.05, 0) is 31.2 Å². The van der Waals surface area contributed by atoms with Crippen LogP contribution < -0.4 is 10.8 Å². The number of anilines is 1. The first-order chi connectivity index (χ1) is 14.1. The third-order valence-corrected chi connectivity index (χ3v) is 6.13. The Hall–Kier alpha value is -3.31. The summed E-state index contributed by atoms with van der Waals surface area (Å²) < 4.78 is 53.2. The number of hydroxylamine groups is 1. The molecule has 8 nitrogen and oxygen atoms in total. The van der Waals surface area contributed by atoms with Gasteiger partial charge in [-0.3, -0.25) is 24.2 Å². The van der Waals surface area contributed by atoms with Gasteiger partial charge in [-0.2, -0.15) is 0 Å². The Balaban J connectivity index is 1.73. The van der Waals surface area contributed by atoms with E-state index in [1.807, 2.05) is 5.32 Å². The number of carbonyl (C=O) groups excluding carboxylic acids is 2. The molecule has 0 atom stereocenters. The smallest absolute Gasteiger partial charge is 0.264 e. The lowest BCUT2D eigenvalue weighted by molar-refractivity contribution is -0.122. The first kappa shape index (κ1) is 21.4. The SMILES string of the molecule is C/C(NOCC(=O)Nc1c(F)cccc1F)=C1/C(=O)c2ccccc2S(=O)(=O)N1C. The lowest BCUT2D eigenvalue weighted by Crippen LogP contribution is -2.38. The summed E-state index contributed by atoms with van der Waals surface area (Å²) in [5.41, 5.74) is 1.57. The van der Waals surface area contributed by atoms with Crippen LogP contribution in [0.3, 0.4) is 0 Å². The Morgan fingerprint density at radius 1 is 1.10 bits per heavy atom. The van der Waals surface area contributed by atoms with Crippen molar-refractivity contribution in [2.45, 2.75) is 11.8 Å². The van der Waals surface area contributed by atoms with Crippen LogP contribution in [-0.2, 0) is 19.7 Å². The molecule has 0 aromatic heterocycles. The Bertz CT molecular complexity index is 1140. The summed E-state index contributed by atoms with van der Waals surface area (Å²) in [5, 5.41) is 2.03. The summed E-state index contributed by atoms with van der Waals surface area (Å²) >= 11 is 0. The molecule has 30 heavy (non-hydrogen) atoms. The molecule has 0 spiro atoms. The highest BCUT2D eigenvalue weighted by Gasteiger charge is 2.38. The van der Waals surface area contributed by atoms with Crippen LogP contribution in [0.4, 0.5) is 14.5 Å². The fourth-order valence-corrected chi connectivity index (χ4v) is 4.32. The second-order valence-corrected chi connectivity index (χ2v) is 8.24. The minimum atomic E-state index is -3.94. The van der Waals surface area contributed by atoms with E-state index in [-0.39, 0.29) is 21.9 Å². The van der Waals surface area contributed by atoms with E-state index in [4.69, 9.17) is 4.84 Å². The van der Waals surface area contributed by atoms with Crippen molar-refractivity contribution >= 4 is 27.4 Å². The molecule has 0 saturated heterocycles. The fourth-order valence-electron chi connectivity index (χ4n) is 2.87. The summed E-state index contributed by atoms with van der Waals surface area (Å²) in [6.07, 6.45) is 0. The number of likely N-dealkylation sites (N-methyl/N-ethyl adjacent to an activating group) is 1. The van der Waals surface area contributed by atoms with Crippen LogP contribution in [0.15, 0.2) is 58.8 Å². The highest BCUT2D eigenvalue weighted by atomic mass is 32.2. The molecule has 0 fully saturated rings. The molecule has 0 aliphatic carbocycles. The molecule has 0 saturated carbocycles. The van der Waals surface area contributed by atoms with Crippen molar-refractivity contribution in [3.05, 3.63) is 71.1 Å². The Morgan fingerprint density at radius 2 is 1.73 bits per heavy atom. The Morgan fingerprint density at radius 3 is 2.40 bits per heavy atom. The Kier molecular flexibility index (Phi) is 5.85. The van der Waals surface area contributed by atoms with Crippen LogP contribution in [0.2, 0.25) is 0 Å². The van der Waals surface area contributed by atoms with Crippen molar-refractivity contribution in [3.63, 3.8) is 0 Å². The minimum absolute atomic E-state index is 0.0134. The average Bonchev–Trinajstić information content (AvgIpc) is 2.70. The number of amides is 1. The van der Waals surface area contributed by atoms with E-state index in [0.717, 1.165) is 22.5 Å². The normalized spacial score (nSPS) is 16.7. The van der Waals surface area contributed by atoms with E-state index in [9.17, 15) is 26.8 Å². The van der Waals surface area contributed by atoms with Crippen LogP contribution in [0.1, 0.15) is 17.3 Å². The molecule has 1 amide bonds. The maximum absolute atomic E-state index is 13.6. The summed E-state index contributed by atoms with van der Waals surface area (Å²) in [6, 6.07) is 8.90. The average molecular weight is 437 g/mol. The van der Waals surface area contributed by atoms with Crippen LogP contribution in [0, 0.1) is 11.6 Å². The van der Waals surface area contributed by atoms with Crippen molar-refractivity contribution in [1.82, 2.24) is 9.79 Å². The summed E-state index contributed by atoms with van der Waals surface area (Å²) in [7, 11) is -2.72. The molecule has 0 bridgehead atoms. The highest BCUT2D eigenvalue weighted by molar-refractivity contribution is 7.89.